The van der Waals surface area contributed by atoms with E-state index in [1.807, 2.05) is 6.92 Å². The molecule has 54 valence electrons. The normalized spacial score (nSPS) is 13.1. The Morgan fingerprint density at radius 2 is 2.44 bits per heavy atom. The third kappa shape index (κ3) is 3.48. The van der Waals surface area contributed by atoms with Gasteiger partial charge in [0.2, 0.25) is 0 Å². The van der Waals surface area contributed by atoms with Crippen LogP contribution in [-0.2, 0) is 4.79 Å². The molecule has 0 bridgehead atoms. The molecule has 0 unspecified atom stereocenters. The molecule has 0 aromatic rings. The molecule has 1 atom stereocenters. The molecule has 0 heterocycles. The summed E-state index contributed by atoms with van der Waals surface area (Å²) in [5.41, 5.74) is 0. The fourth-order valence-corrected chi connectivity index (χ4v) is 0.938. The number of hydrogen-bond donors (Lipinski definition) is 2. The van der Waals surface area contributed by atoms with Crippen LogP contribution in [0.2, 0.25) is 0 Å². The van der Waals surface area contributed by atoms with Crippen molar-refractivity contribution in [3.05, 3.63) is 0 Å². The summed E-state index contributed by atoms with van der Waals surface area (Å²) in [7, 11) is 0. The van der Waals surface area contributed by atoms with E-state index in [2.05, 4.69) is 20.5 Å². The Hall–Kier alpha value is -0.0900. The summed E-state index contributed by atoms with van der Waals surface area (Å²) in [4.78, 5) is 10.2. The third-order valence-corrected chi connectivity index (χ3v) is 1.56. The second-order valence-corrected chi connectivity index (χ2v) is 2.25. The Labute approximate surface area is 62.8 Å². The number of halogens is 1. The number of rotatable bonds is 4. The van der Waals surface area contributed by atoms with Gasteiger partial charge in [-0.25, -0.2) is 4.34 Å². The van der Waals surface area contributed by atoms with Gasteiger partial charge in [-0.15, -0.1) is 0 Å². The van der Waals surface area contributed by atoms with E-state index >= 15 is 0 Å². The second-order valence-electron chi connectivity index (χ2n) is 1.79. The number of carboxylic acid groups (broad SMARTS) is 1. The van der Waals surface area contributed by atoms with Crippen molar-refractivity contribution >= 4 is 22.1 Å². The zero-order chi connectivity index (χ0) is 7.28. The zero-order valence-corrected chi connectivity index (χ0v) is 6.81. The first-order valence-corrected chi connectivity index (χ1v) is 3.60. The van der Waals surface area contributed by atoms with Gasteiger partial charge in [-0.1, -0.05) is 13.3 Å². The predicted molar refractivity (Wildman–Crippen MR) is 38.4 cm³/mol. The fraction of sp³-hybridized carbons (Fsp3) is 0.800. The van der Waals surface area contributed by atoms with Crippen molar-refractivity contribution in [3.63, 3.8) is 0 Å². The van der Waals surface area contributed by atoms with Crippen LogP contribution < -0.4 is 4.34 Å². The fourth-order valence-electron chi connectivity index (χ4n) is 0.513. The van der Waals surface area contributed by atoms with E-state index < -0.39 is 12.0 Å². The largest absolute Gasteiger partial charge is 0.480 e. The van der Waals surface area contributed by atoms with Gasteiger partial charge in [0.15, 0.2) is 0 Å². The zero-order valence-electron chi connectivity index (χ0n) is 5.22. The van der Waals surface area contributed by atoms with Crippen LogP contribution in [0.15, 0.2) is 0 Å². The van der Waals surface area contributed by atoms with Crippen molar-refractivity contribution in [2.45, 2.75) is 25.8 Å². The number of nitrogens with one attached hydrogen (secondary N) is 1. The molecule has 0 spiro atoms. The number of hydrogen-bond acceptors (Lipinski definition) is 2. The molecule has 0 aliphatic rings. The molecule has 0 rings (SSSR count). The number of carbonyl (C=O) groups is 1. The van der Waals surface area contributed by atoms with Crippen LogP contribution in [-0.4, -0.2) is 17.1 Å². The Morgan fingerprint density at radius 3 is 2.56 bits per heavy atom. The van der Waals surface area contributed by atoms with Gasteiger partial charge in [0.25, 0.3) is 0 Å². The van der Waals surface area contributed by atoms with Crippen LogP contribution in [0.25, 0.3) is 0 Å². The molecule has 0 radical (unpaired) electrons. The van der Waals surface area contributed by atoms with E-state index in [9.17, 15) is 4.79 Å². The highest BCUT2D eigenvalue weighted by molar-refractivity contribution is 9.08. The first-order valence-electron chi connectivity index (χ1n) is 2.81. The summed E-state index contributed by atoms with van der Waals surface area (Å²) < 4.78 is 2.52. The van der Waals surface area contributed by atoms with Crippen LogP contribution in [0.3, 0.4) is 0 Å². The molecule has 9 heavy (non-hydrogen) atoms. The van der Waals surface area contributed by atoms with E-state index in [0.717, 1.165) is 6.42 Å². The molecule has 2 N–H and O–H groups in total. The van der Waals surface area contributed by atoms with E-state index in [1.165, 1.54) is 0 Å². The molecular weight excluding hydrogens is 186 g/mol. The van der Waals surface area contributed by atoms with Crippen LogP contribution in [0.5, 0.6) is 0 Å². The molecule has 4 heteroatoms. The van der Waals surface area contributed by atoms with Crippen LogP contribution in [0.1, 0.15) is 19.8 Å². The van der Waals surface area contributed by atoms with Crippen LogP contribution >= 0.6 is 16.1 Å². The van der Waals surface area contributed by atoms with E-state index in [1.54, 1.807) is 0 Å². The summed E-state index contributed by atoms with van der Waals surface area (Å²) >= 11 is 2.89. The van der Waals surface area contributed by atoms with E-state index in [-0.39, 0.29) is 0 Å². The Bertz CT molecular complexity index is 97.0. The minimum Gasteiger partial charge on any atom is -0.480 e. The first kappa shape index (κ1) is 8.91. The minimum absolute atomic E-state index is 0.449. The molecule has 0 aliphatic carbocycles. The van der Waals surface area contributed by atoms with Gasteiger partial charge >= 0.3 is 5.97 Å². The highest BCUT2D eigenvalue weighted by Gasteiger charge is 2.12. The molecule has 0 aromatic carbocycles. The maximum absolute atomic E-state index is 10.2. The molecule has 0 fully saturated rings. The van der Waals surface area contributed by atoms with Crippen LogP contribution in [0, 0.1) is 0 Å². The lowest BCUT2D eigenvalue weighted by atomic mass is 10.2. The molecule has 0 saturated carbocycles. The molecule has 0 amide bonds. The van der Waals surface area contributed by atoms with E-state index in [4.69, 9.17) is 5.11 Å². The minimum atomic E-state index is -0.811. The smallest absolute Gasteiger partial charge is 0.321 e. The van der Waals surface area contributed by atoms with Crippen molar-refractivity contribution in [2.75, 3.05) is 0 Å². The van der Waals surface area contributed by atoms with E-state index in [0.29, 0.717) is 6.42 Å². The Morgan fingerprint density at radius 1 is 1.89 bits per heavy atom. The SMILES string of the molecule is CCC[C@H](NBr)C(=O)O. The summed E-state index contributed by atoms with van der Waals surface area (Å²) in [5.74, 6) is -0.811. The van der Waals surface area contributed by atoms with Gasteiger partial charge in [0, 0.05) is 16.1 Å². The molecule has 0 aromatic heterocycles. The maximum atomic E-state index is 10.2. The molecular formula is C5H10BrNO2. The molecule has 0 saturated heterocycles. The number of aliphatic carboxylic acids is 1. The van der Waals surface area contributed by atoms with Crippen molar-refractivity contribution in [2.24, 2.45) is 0 Å². The highest BCUT2D eigenvalue weighted by atomic mass is 79.9. The molecule has 3 nitrogen and oxygen atoms in total. The lowest BCUT2D eigenvalue weighted by molar-refractivity contribution is -0.139. The Kier molecular flexibility index (Phi) is 4.71. The standard InChI is InChI=1S/C5H10BrNO2/c1-2-3-4(7-6)5(8)9/h4,7H,2-3H2,1H3,(H,8,9)/t4-/m0/s1. The first-order chi connectivity index (χ1) is 4.22. The van der Waals surface area contributed by atoms with Gasteiger partial charge < -0.3 is 5.11 Å². The average Bonchev–Trinajstić information content (AvgIpc) is 1.82. The average molecular weight is 196 g/mol. The summed E-state index contributed by atoms with van der Waals surface area (Å²) in [6.07, 6.45) is 1.52. The van der Waals surface area contributed by atoms with Gasteiger partial charge in [-0.3, -0.25) is 4.79 Å². The van der Waals surface area contributed by atoms with Gasteiger partial charge in [-0.2, -0.15) is 0 Å². The summed E-state index contributed by atoms with van der Waals surface area (Å²) in [5, 5.41) is 8.41. The van der Waals surface area contributed by atoms with Gasteiger partial charge in [0.1, 0.15) is 6.04 Å². The maximum Gasteiger partial charge on any atom is 0.321 e. The summed E-state index contributed by atoms with van der Waals surface area (Å²) in [6.45, 7) is 1.94. The second kappa shape index (κ2) is 4.76. The topological polar surface area (TPSA) is 49.3 Å². The monoisotopic (exact) mass is 195 g/mol. The van der Waals surface area contributed by atoms with Gasteiger partial charge in [0.05, 0.1) is 0 Å². The Balaban J connectivity index is 3.54. The predicted octanol–water partition coefficient (Wildman–Crippen LogP) is 1.14. The van der Waals surface area contributed by atoms with Crippen molar-refractivity contribution < 1.29 is 9.90 Å². The van der Waals surface area contributed by atoms with Crippen molar-refractivity contribution in [1.29, 1.82) is 0 Å². The van der Waals surface area contributed by atoms with Crippen molar-refractivity contribution in [1.82, 2.24) is 4.34 Å². The van der Waals surface area contributed by atoms with Crippen molar-refractivity contribution in [3.8, 4) is 0 Å². The summed E-state index contributed by atoms with van der Waals surface area (Å²) in [6, 6.07) is -0.449. The lowest BCUT2D eigenvalue weighted by Crippen LogP contribution is -2.29. The van der Waals surface area contributed by atoms with Gasteiger partial charge in [-0.05, 0) is 6.42 Å². The lowest BCUT2D eigenvalue weighted by Gasteiger charge is -2.05. The molecule has 0 aliphatic heterocycles. The number of carboxylic acids is 1. The third-order valence-electron chi connectivity index (χ3n) is 1.01. The highest BCUT2D eigenvalue weighted by Crippen LogP contribution is 1.97. The van der Waals surface area contributed by atoms with Crippen LogP contribution in [0.4, 0.5) is 0 Å². The quantitative estimate of drug-likeness (QED) is 0.662.